The van der Waals surface area contributed by atoms with E-state index in [2.05, 4.69) is 0 Å². The van der Waals surface area contributed by atoms with Crippen LogP contribution in [0.2, 0.25) is 0 Å². The average Bonchev–Trinajstić information content (AvgIpc) is 0.709. The van der Waals surface area contributed by atoms with E-state index in [0.29, 0.717) is 0 Å². The molecular formula is C63H65BF25P2Rh+. The Kier molecular flexibility index (Phi) is 25.5. The quantitative estimate of drug-likeness (QED) is 0.0743. The first kappa shape index (κ1) is 76.9. The van der Waals surface area contributed by atoms with Crippen LogP contribution >= 0.6 is 15.8 Å². The molecule has 513 valence electrons. The summed E-state index contributed by atoms with van der Waals surface area (Å²) in [5, 5.41) is 0. The van der Waals surface area contributed by atoms with Crippen molar-refractivity contribution in [1.29, 1.82) is 0 Å². The van der Waals surface area contributed by atoms with Gasteiger partial charge in [0.05, 0.1) is 67.1 Å². The van der Waals surface area contributed by atoms with Gasteiger partial charge in [-0.05, 0) is 139 Å². The van der Waals surface area contributed by atoms with Gasteiger partial charge in [0.1, 0.15) is 12.0 Å². The minimum Gasteiger partial charge on any atom is -0.207 e. The van der Waals surface area contributed by atoms with Gasteiger partial charge < -0.3 is 0 Å². The summed E-state index contributed by atoms with van der Waals surface area (Å²) in [5.74, 6) is 1.68. The van der Waals surface area contributed by atoms with Crippen molar-refractivity contribution in [2.75, 3.05) is 5.90 Å². The van der Waals surface area contributed by atoms with E-state index in [0.717, 1.165) is 0 Å². The Morgan fingerprint density at radius 2 is 0.446 bits per heavy atom. The van der Waals surface area contributed by atoms with E-state index in [1.807, 2.05) is 5.90 Å². The molecule has 5 aromatic rings. The third-order valence-electron chi connectivity index (χ3n) is 18.1. The van der Waals surface area contributed by atoms with Crippen LogP contribution in [-0.4, -0.2) is 34.7 Å². The number of hydrogen-bond acceptors (Lipinski definition) is 0. The molecule has 4 aliphatic rings. The Balaban J connectivity index is 0.000000313. The molecule has 0 N–H and O–H groups in total. The molecule has 92 heavy (non-hydrogen) atoms. The van der Waals surface area contributed by atoms with Crippen molar-refractivity contribution in [2.24, 2.45) is 0 Å². The van der Waals surface area contributed by atoms with Gasteiger partial charge in [0.15, 0.2) is 5.90 Å². The van der Waals surface area contributed by atoms with Crippen molar-refractivity contribution in [2.45, 2.75) is 200 Å². The van der Waals surface area contributed by atoms with Gasteiger partial charge in [0.25, 0.3) is 0 Å². The molecule has 0 saturated heterocycles. The Morgan fingerprint density at radius 1 is 0.272 bits per heavy atom. The molecule has 4 aliphatic carbocycles. The van der Waals surface area contributed by atoms with E-state index in [9.17, 15) is 110 Å². The number of halogens is 25. The SMILES string of the molecule is C1CCC([PH+](C[PH+](C2CCCCC2)C2CCCCC2)C2CCCCC2)CC1.FC(F)(F)c1cc([B-](c2cc(C(F)(F)F)cc(C(F)(F)F)c2)(c2cc(C(F)(F)F)cc(C(F)(F)F)c2)c2cc(C(F)(F)F)cc(C(F)(F)F)c2)cc(C(F)(F)F)c1.Fc1ccccc1.[Rh]. The summed E-state index contributed by atoms with van der Waals surface area (Å²) >= 11 is 0. The first-order valence-electron chi connectivity index (χ1n) is 29.8. The van der Waals surface area contributed by atoms with E-state index in [-0.39, 0.29) is 41.1 Å². The molecule has 4 fully saturated rings. The molecule has 0 aromatic heterocycles. The summed E-state index contributed by atoms with van der Waals surface area (Å²) in [4.78, 5) is 0. The Morgan fingerprint density at radius 3 is 0.587 bits per heavy atom. The molecule has 0 aliphatic heterocycles. The van der Waals surface area contributed by atoms with Crippen molar-refractivity contribution >= 4 is 43.8 Å². The molecule has 29 heteroatoms. The second-order valence-electron chi connectivity index (χ2n) is 24.2. The summed E-state index contributed by atoms with van der Waals surface area (Å²) in [7, 11) is -0.192. The van der Waals surface area contributed by atoms with E-state index >= 15 is 0 Å². The number of rotatable bonds is 10. The van der Waals surface area contributed by atoms with Gasteiger partial charge in [-0.2, -0.15) is 127 Å². The predicted octanol–water partition coefficient (Wildman–Crippen LogP) is 21.7. The maximum absolute atomic E-state index is 14.2. The first-order chi connectivity index (χ1) is 42.1. The molecule has 0 spiro atoms. The molecule has 1 radical (unpaired) electrons. The molecular weight excluding hydrogens is 1410 g/mol. The fourth-order valence-electron chi connectivity index (χ4n) is 13.9. The number of alkyl halides is 24. The molecule has 0 amide bonds. The van der Waals surface area contributed by atoms with Crippen molar-refractivity contribution < 1.29 is 129 Å². The second-order valence-corrected chi connectivity index (χ2v) is 31.2. The average molecular weight is 1470 g/mol. The van der Waals surface area contributed by atoms with Crippen molar-refractivity contribution in [3.63, 3.8) is 0 Å². The fourth-order valence-corrected chi connectivity index (χ4v) is 26.3. The van der Waals surface area contributed by atoms with Gasteiger partial charge >= 0.3 is 49.4 Å². The molecule has 4 saturated carbocycles. The largest absolute Gasteiger partial charge is 0.416 e. The van der Waals surface area contributed by atoms with E-state index in [4.69, 9.17) is 0 Å². The third kappa shape index (κ3) is 20.0. The van der Waals surface area contributed by atoms with Crippen LogP contribution in [0, 0.1) is 5.82 Å². The van der Waals surface area contributed by atoms with Crippen LogP contribution in [0.3, 0.4) is 0 Å². The smallest absolute Gasteiger partial charge is 0.207 e. The van der Waals surface area contributed by atoms with Gasteiger partial charge in [0.2, 0.25) is 0 Å². The Bertz CT molecular complexity index is 2650. The molecule has 0 unspecified atom stereocenters. The normalized spacial score (nSPS) is 17.8. The Hall–Kier alpha value is -4.10. The summed E-state index contributed by atoms with van der Waals surface area (Å²) in [6.45, 7) is 0. The molecule has 0 heterocycles. The predicted molar refractivity (Wildman–Crippen MR) is 305 cm³/mol. The molecule has 9 rings (SSSR count). The van der Waals surface area contributed by atoms with Gasteiger partial charge in [0, 0.05) is 35.3 Å². The van der Waals surface area contributed by atoms with Crippen LogP contribution in [0.5, 0.6) is 0 Å². The number of benzene rings is 5. The molecule has 0 atom stereocenters. The summed E-state index contributed by atoms with van der Waals surface area (Å²) in [6.07, 6.45) is -22.7. The summed E-state index contributed by atoms with van der Waals surface area (Å²) < 4.78 is 353. The third-order valence-corrected chi connectivity index (χ3v) is 27.9. The van der Waals surface area contributed by atoms with Gasteiger partial charge in [-0.3, -0.25) is 0 Å². The van der Waals surface area contributed by atoms with Crippen LogP contribution in [0.1, 0.15) is 173 Å². The van der Waals surface area contributed by atoms with Crippen LogP contribution in [-0.2, 0) is 68.9 Å². The van der Waals surface area contributed by atoms with Crippen LogP contribution in [0.25, 0.3) is 0 Å². The minimum absolute atomic E-state index is 0. The monoisotopic (exact) mass is 1470 g/mol. The number of hydrogen-bond donors (Lipinski definition) is 0. The zero-order valence-corrected chi connectivity index (χ0v) is 52.5. The zero-order valence-electron chi connectivity index (χ0n) is 48.8. The minimum atomic E-state index is -6.13. The van der Waals surface area contributed by atoms with Crippen LogP contribution < -0.4 is 21.9 Å². The van der Waals surface area contributed by atoms with Gasteiger partial charge in [-0.1, -0.05) is 92.4 Å². The topological polar surface area (TPSA) is 0 Å². The summed E-state index contributed by atoms with van der Waals surface area (Å²) in [5.41, 5.74) is -25.3. The summed E-state index contributed by atoms with van der Waals surface area (Å²) in [6, 6.07) is -0.872. The van der Waals surface area contributed by atoms with Crippen molar-refractivity contribution in [1.82, 2.24) is 0 Å². The van der Waals surface area contributed by atoms with Crippen molar-refractivity contribution in [3.8, 4) is 0 Å². The van der Waals surface area contributed by atoms with Gasteiger partial charge in [-0.15, -0.1) is 0 Å². The second kappa shape index (κ2) is 30.5. The fraction of sp³-hybridized carbons (Fsp3) is 0.524. The molecule has 5 aromatic carbocycles. The van der Waals surface area contributed by atoms with Crippen LogP contribution in [0.15, 0.2) is 103 Å². The molecule has 0 bridgehead atoms. The maximum atomic E-state index is 14.2. The Labute approximate surface area is 530 Å². The van der Waals surface area contributed by atoms with Gasteiger partial charge in [-0.25, -0.2) is 4.39 Å². The van der Waals surface area contributed by atoms with Crippen LogP contribution in [0.4, 0.5) is 110 Å². The zero-order chi connectivity index (χ0) is 67.3. The molecule has 0 nitrogen and oxygen atoms in total. The van der Waals surface area contributed by atoms with E-state index < -0.39 is 195 Å². The maximum Gasteiger partial charge on any atom is 0.416 e. The standard InChI is InChI=1S/C32H12BF24.C25H46P2.C6H5F.Rh/c34-25(35,36)13-1-14(26(37,38)39)6-21(5-13)33(22-7-15(27(40,41)42)2-16(8-22)28(43,44)45,23-9-17(29(46,47)48)3-18(10-23)30(49,50)51)24-11-19(31(52,53)54)4-20(12-24)32(55,56)57;1-5-13-22(14-6-1)26(23-15-7-2-8-16-23)21-27(24-17-9-3-10-18-24)25-19-11-4-12-20-25;7-6-4-2-1-3-5-6;/h1-12H;22-25H,1-21H2;1-5H;/q-1;;;/p+2. The van der Waals surface area contributed by atoms with E-state index in [1.165, 1.54) is 34.8 Å². The van der Waals surface area contributed by atoms with Crippen molar-refractivity contribution in [3.05, 3.63) is 153 Å². The van der Waals surface area contributed by atoms with E-state index in [1.54, 1.807) is 147 Å². The first-order valence-corrected chi connectivity index (χ1v) is 33.6.